The predicted octanol–water partition coefficient (Wildman–Crippen LogP) is 3.98. The van der Waals surface area contributed by atoms with Crippen molar-refractivity contribution in [1.29, 1.82) is 0 Å². The molecular weight excluding hydrogens is 508 g/mol. The molecule has 11 nitrogen and oxygen atoms in total. The van der Waals surface area contributed by atoms with Crippen LogP contribution in [0.25, 0.3) is 0 Å². The number of hydrogen-bond donors (Lipinski definition) is 2. The maximum atomic E-state index is 13.1. The maximum Gasteiger partial charge on any atom is 0.279 e. The van der Waals surface area contributed by atoms with Crippen molar-refractivity contribution in [3.8, 4) is 22.7 Å². The zero-order valence-corrected chi connectivity index (χ0v) is 23.6. The SMILES string of the molecule is COc1nc(N(C)C2CNCCO2)nc(OC)c1NC(=O)c1csc(Oc2cc(C(C)(C)C)ccc2C)n1. The highest BCUT2D eigenvalue weighted by molar-refractivity contribution is 7.11. The minimum Gasteiger partial charge on any atom is -0.479 e. The van der Waals surface area contributed by atoms with Crippen LogP contribution in [0.3, 0.4) is 0 Å². The third-order valence-electron chi connectivity index (χ3n) is 6.08. The highest BCUT2D eigenvalue weighted by Crippen LogP contribution is 2.35. The van der Waals surface area contributed by atoms with Crippen LogP contribution in [-0.2, 0) is 10.2 Å². The molecule has 3 aromatic rings. The number of benzene rings is 1. The number of ether oxygens (including phenoxy) is 4. The van der Waals surface area contributed by atoms with E-state index in [1.165, 1.54) is 25.6 Å². The zero-order chi connectivity index (χ0) is 27.4. The van der Waals surface area contributed by atoms with Crippen LogP contribution >= 0.6 is 11.3 Å². The van der Waals surface area contributed by atoms with Gasteiger partial charge in [0, 0.05) is 25.5 Å². The first kappa shape index (κ1) is 27.6. The fourth-order valence-corrected chi connectivity index (χ4v) is 4.42. The van der Waals surface area contributed by atoms with Crippen LogP contribution in [0.4, 0.5) is 11.6 Å². The number of carbonyl (C=O) groups excluding carboxylic acids is 1. The minimum absolute atomic E-state index is 0.0232. The second kappa shape index (κ2) is 11.5. The molecule has 0 bridgehead atoms. The molecule has 1 fully saturated rings. The highest BCUT2D eigenvalue weighted by atomic mass is 32.1. The zero-order valence-electron chi connectivity index (χ0n) is 22.7. The van der Waals surface area contributed by atoms with Crippen LogP contribution in [0.5, 0.6) is 22.7 Å². The van der Waals surface area contributed by atoms with Crippen molar-refractivity contribution < 1.29 is 23.7 Å². The summed E-state index contributed by atoms with van der Waals surface area (Å²) in [4.78, 5) is 28.2. The van der Waals surface area contributed by atoms with Crippen LogP contribution in [-0.4, -0.2) is 68.1 Å². The van der Waals surface area contributed by atoms with Crippen molar-refractivity contribution in [2.75, 3.05) is 51.2 Å². The molecular formula is C26H34N6O5S. The normalized spacial score (nSPS) is 15.6. The summed E-state index contributed by atoms with van der Waals surface area (Å²) >= 11 is 1.23. The van der Waals surface area contributed by atoms with E-state index >= 15 is 0 Å². The molecule has 2 aromatic heterocycles. The first-order valence-corrected chi connectivity index (χ1v) is 13.1. The smallest absolute Gasteiger partial charge is 0.279 e. The number of anilines is 2. The van der Waals surface area contributed by atoms with Gasteiger partial charge in [0.2, 0.25) is 17.7 Å². The van der Waals surface area contributed by atoms with E-state index < -0.39 is 5.91 Å². The van der Waals surface area contributed by atoms with Gasteiger partial charge in [0.15, 0.2) is 5.69 Å². The number of aromatic nitrogens is 3. The minimum atomic E-state index is -0.475. The number of amides is 1. The molecule has 1 aliphatic rings. The quantitative estimate of drug-likeness (QED) is 0.432. The van der Waals surface area contributed by atoms with E-state index in [9.17, 15) is 4.79 Å². The van der Waals surface area contributed by atoms with Crippen molar-refractivity contribution in [3.05, 3.63) is 40.4 Å². The summed E-state index contributed by atoms with van der Waals surface area (Å²) in [6.45, 7) is 10.4. The Bertz CT molecular complexity index is 1260. The Morgan fingerprint density at radius 3 is 2.50 bits per heavy atom. The predicted molar refractivity (Wildman–Crippen MR) is 146 cm³/mol. The van der Waals surface area contributed by atoms with Crippen LogP contribution in [0.2, 0.25) is 0 Å². The molecule has 1 amide bonds. The Morgan fingerprint density at radius 1 is 1.18 bits per heavy atom. The summed E-state index contributed by atoms with van der Waals surface area (Å²) in [5.74, 6) is 0.863. The molecule has 12 heteroatoms. The van der Waals surface area contributed by atoms with Gasteiger partial charge in [-0.1, -0.05) is 44.2 Å². The largest absolute Gasteiger partial charge is 0.479 e. The van der Waals surface area contributed by atoms with Gasteiger partial charge in [0.1, 0.15) is 17.7 Å². The molecule has 3 heterocycles. The number of morpholine rings is 1. The lowest BCUT2D eigenvalue weighted by Gasteiger charge is -2.32. The number of nitrogens with zero attached hydrogens (tertiary/aromatic N) is 4. The fraction of sp³-hybridized carbons (Fsp3) is 0.462. The first-order valence-electron chi connectivity index (χ1n) is 12.2. The van der Waals surface area contributed by atoms with E-state index in [1.807, 2.05) is 26.1 Å². The van der Waals surface area contributed by atoms with Crippen molar-refractivity contribution in [3.63, 3.8) is 0 Å². The first-order chi connectivity index (χ1) is 18.1. The number of nitrogens with one attached hydrogen (secondary N) is 2. The average molecular weight is 543 g/mol. The van der Waals surface area contributed by atoms with E-state index in [0.717, 1.165) is 17.7 Å². The van der Waals surface area contributed by atoms with E-state index in [1.54, 1.807) is 10.3 Å². The summed E-state index contributed by atoms with van der Waals surface area (Å²) in [5.41, 5.74) is 2.48. The molecule has 1 unspecified atom stereocenters. The third-order valence-corrected chi connectivity index (χ3v) is 6.80. The van der Waals surface area contributed by atoms with Crippen LogP contribution in [0.15, 0.2) is 23.6 Å². The Balaban J connectivity index is 1.53. The second-order valence-electron chi connectivity index (χ2n) is 9.84. The molecule has 4 rings (SSSR count). The molecule has 0 spiro atoms. The van der Waals surface area contributed by atoms with Crippen LogP contribution in [0.1, 0.15) is 42.4 Å². The van der Waals surface area contributed by atoms with Gasteiger partial charge in [-0.15, -0.1) is 0 Å². The van der Waals surface area contributed by atoms with Gasteiger partial charge in [0.05, 0.1) is 20.8 Å². The highest BCUT2D eigenvalue weighted by Gasteiger charge is 2.26. The summed E-state index contributed by atoms with van der Waals surface area (Å²) < 4.78 is 22.8. The fourth-order valence-electron chi connectivity index (χ4n) is 3.76. The van der Waals surface area contributed by atoms with E-state index in [0.29, 0.717) is 30.0 Å². The van der Waals surface area contributed by atoms with Gasteiger partial charge in [0.25, 0.3) is 11.1 Å². The summed E-state index contributed by atoms with van der Waals surface area (Å²) in [6, 6.07) is 6.12. The molecule has 2 N–H and O–H groups in total. The molecule has 1 atom stereocenters. The van der Waals surface area contributed by atoms with Gasteiger partial charge >= 0.3 is 0 Å². The van der Waals surface area contributed by atoms with E-state index in [-0.39, 0.29) is 34.8 Å². The van der Waals surface area contributed by atoms with Crippen molar-refractivity contribution in [1.82, 2.24) is 20.3 Å². The molecule has 0 saturated carbocycles. The van der Waals surface area contributed by atoms with Crippen molar-refractivity contribution in [2.24, 2.45) is 0 Å². The number of likely N-dealkylation sites (N-methyl/N-ethyl adjacent to an activating group) is 1. The molecule has 204 valence electrons. The van der Waals surface area contributed by atoms with Gasteiger partial charge < -0.3 is 34.5 Å². The third kappa shape index (κ3) is 6.14. The lowest BCUT2D eigenvalue weighted by Crippen LogP contribution is -2.48. The van der Waals surface area contributed by atoms with Gasteiger partial charge in [-0.25, -0.2) is 0 Å². The number of rotatable bonds is 8. The maximum absolute atomic E-state index is 13.1. The number of carbonyl (C=O) groups is 1. The number of thiazole rings is 1. The lowest BCUT2D eigenvalue weighted by atomic mass is 9.86. The molecule has 0 aliphatic carbocycles. The van der Waals surface area contributed by atoms with Gasteiger partial charge in [-0.3, -0.25) is 4.79 Å². The topological polar surface area (TPSA) is 120 Å². The van der Waals surface area contributed by atoms with Gasteiger partial charge in [-0.2, -0.15) is 15.0 Å². The molecule has 1 saturated heterocycles. The number of methoxy groups -OCH3 is 2. The monoisotopic (exact) mass is 542 g/mol. The Morgan fingerprint density at radius 2 is 1.89 bits per heavy atom. The Labute approximate surface area is 226 Å². The van der Waals surface area contributed by atoms with E-state index in [2.05, 4.69) is 52.4 Å². The lowest BCUT2D eigenvalue weighted by molar-refractivity contribution is 0.0289. The molecule has 1 aliphatic heterocycles. The summed E-state index contributed by atoms with van der Waals surface area (Å²) in [7, 11) is 4.74. The van der Waals surface area contributed by atoms with Crippen LogP contribution < -0.4 is 29.7 Å². The van der Waals surface area contributed by atoms with Gasteiger partial charge in [-0.05, 0) is 29.5 Å². The standard InChI is InChI=1S/C26H34N6O5S/c1-15-8-9-16(26(2,3)4)12-18(15)37-25-28-17(14-38-25)21(33)29-20-22(34-6)30-24(31-23(20)35-7)32(5)19-13-27-10-11-36-19/h8-9,12,14,19,27H,10-11,13H2,1-7H3,(H,29,33). The average Bonchev–Trinajstić information content (AvgIpc) is 3.38. The molecule has 38 heavy (non-hydrogen) atoms. The summed E-state index contributed by atoms with van der Waals surface area (Å²) in [5, 5.41) is 8.03. The second-order valence-corrected chi connectivity index (χ2v) is 10.7. The van der Waals surface area contributed by atoms with Crippen molar-refractivity contribution in [2.45, 2.75) is 39.3 Å². The molecule has 0 radical (unpaired) electrons. The van der Waals surface area contributed by atoms with E-state index in [4.69, 9.17) is 18.9 Å². The summed E-state index contributed by atoms with van der Waals surface area (Å²) in [6.07, 6.45) is -0.250. The van der Waals surface area contributed by atoms with Crippen molar-refractivity contribution >= 4 is 28.9 Å². The van der Waals surface area contributed by atoms with Crippen LogP contribution in [0, 0.1) is 6.92 Å². The Hall–Kier alpha value is -3.48. The Kier molecular flexibility index (Phi) is 8.34. The number of aryl methyl sites for hydroxylation is 1. The molecule has 1 aromatic carbocycles. The number of hydrogen-bond acceptors (Lipinski definition) is 11.